The van der Waals surface area contributed by atoms with Crippen LogP contribution >= 0.6 is 0 Å². The van der Waals surface area contributed by atoms with Crippen molar-refractivity contribution in [3.05, 3.63) is 59.4 Å². The van der Waals surface area contributed by atoms with Crippen LogP contribution in [0.2, 0.25) is 0 Å². The van der Waals surface area contributed by atoms with E-state index in [-0.39, 0.29) is 24.5 Å². The number of rotatable bonds is 6. The van der Waals surface area contributed by atoms with E-state index in [4.69, 9.17) is 9.47 Å². The molecule has 0 bridgehead atoms. The van der Waals surface area contributed by atoms with Gasteiger partial charge in [-0.15, -0.1) is 0 Å². The second-order valence-corrected chi connectivity index (χ2v) is 4.60. The van der Waals surface area contributed by atoms with Crippen LogP contribution in [0.15, 0.2) is 42.6 Å². The Morgan fingerprint density at radius 1 is 1.18 bits per heavy atom. The third kappa shape index (κ3) is 3.91. The first-order valence-corrected chi connectivity index (χ1v) is 6.93. The molecule has 0 atom stereocenters. The number of methoxy groups -OCH3 is 1. The van der Waals surface area contributed by atoms with Crippen molar-refractivity contribution in [3.8, 4) is 5.75 Å². The van der Waals surface area contributed by atoms with E-state index in [0.29, 0.717) is 11.3 Å². The first kappa shape index (κ1) is 15.7. The Morgan fingerprint density at radius 2 is 2.00 bits per heavy atom. The zero-order valence-corrected chi connectivity index (χ0v) is 12.5. The molecule has 1 aromatic heterocycles. The van der Waals surface area contributed by atoms with Gasteiger partial charge >= 0.3 is 5.97 Å². The highest BCUT2D eigenvalue weighted by atomic mass is 16.5. The van der Waals surface area contributed by atoms with Crippen molar-refractivity contribution in [1.82, 2.24) is 4.98 Å². The molecular weight excluding hydrogens is 282 g/mol. The Balaban J connectivity index is 2.15. The molecular formula is C17H17NO4. The Hall–Kier alpha value is -2.69. The average Bonchev–Trinajstić information content (AvgIpc) is 2.55. The molecule has 0 saturated heterocycles. The van der Waals surface area contributed by atoms with E-state index in [1.165, 1.54) is 18.3 Å². The van der Waals surface area contributed by atoms with Gasteiger partial charge in [-0.05, 0) is 36.8 Å². The maximum absolute atomic E-state index is 12.3. The minimum absolute atomic E-state index is 0.167. The van der Waals surface area contributed by atoms with E-state index in [0.717, 1.165) is 5.56 Å². The summed E-state index contributed by atoms with van der Waals surface area (Å²) in [4.78, 5) is 28.0. The van der Waals surface area contributed by atoms with Crippen molar-refractivity contribution in [2.75, 3.05) is 13.7 Å². The van der Waals surface area contributed by atoms with Crippen LogP contribution in [0.5, 0.6) is 5.75 Å². The SMILES string of the molecule is CCOC(=O)c1ccnc(C(=O)Cc2cccc(OC)c2)c1. The summed E-state index contributed by atoms with van der Waals surface area (Å²) in [5, 5.41) is 0. The van der Waals surface area contributed by atoms with Gasteiger partial charge in [-0.1, -0.05) is 12.1 Å². The molecule has 1 aromatic carbocycles. The number of aromatic nitrogens is 1. The molecule has 0 aliphatic heterocycles. The van der Waals surface area contributed by atoms with Gasteiger partial charge in [0.2, 0.25) is 0 Å². The summed E-state index contributed by atoms with van der Waals surface area (Å²) in [6.45, 7) is 2.02. The molecule has 0 fully saturated rings. The molecule has 0 saturated carbocycles. The molecule has 0 amide bonds. The van der Waals surface area contributed by atoms with Gasteiger partial charge in [0.15, 0.2) is 5.78 Å². The maximum Gasteiger partial charge on any atom is 0.338 e. The summed E-state index contributed by atoms with van der Waals surface area (Å²) < 4.78 is 10.0. The fourth-order valence-corrected chi connectivity index (χ4v) is 1.98. The second kappa shape index (κ2) is 7.36. The summed E-state index contributed by atoms with van der Waals surface area (Å²) in [5.41, 5.74) is 1.40. The third-order valence-corrected chi connectivity index (χ3v) is 3.06. The van der Waals surface area contributed by atoms with Crippen molar-refractivity contribution in [2.45, 2.75) is 13.3 Å². The van der Waals surface area contributed by atoms with E-state index in [1.807, 2.05) is 18.2 Å². The van der Waals surface area contributed by atoms with Gasteiger partial charge in [0, 0.05) is 12.6 Å². The number of hydrogen-bond donors (Lipinski definition) is 0. The number of ketones is 1. The highest BCUT2D eigenvalue weighted by molar-refractivity contribution is 5.98. The van der Waals surface area contributed by atoms with Gasteiger partial charge in [-0.3, -0.25) is 9.78 Å². The molecule has 5 nitrogen and oxygen atoms in total. The number of Topliss-reactive ketones (excluding diaryl/α,β-unsaturated/α-hetero) is 1. The van der Waals surface area contributed by atoms with Crippen LogP contribution < -0.4 is 4.74 Å². The molecule has 2 rings (SSSR count). The van der Waals surface area contributed by atoms with E-state index < -0.39 is 5.97 Å². The molecule has 5 heteroatoms. The molecule has 0 radical (unpaired) electrons. The normalized spacial score (nSPS) is 10.1. The molecule has 0 aliphatic carbocycles. The van der Waals surface area contributed by atoms with Crippen LogP contribution in [-0.4, -0.2) is 30.5 Å². The van der Waals surface area contributed by atoms with E-state index in [9.17, 15) is 9.59 Å². The van der Waals surface area contributed by atoms with Crippen molar-refractivity contribution >= 4 is 11.8 Å². The monoisotopic (exact) mass is 299 g/mol. The summed E-state index contributed by atoms with van der Waals surface area (Å²) in [7, 11) is 1.57. The number of esters is 1. The number of hydrogen-bond acceptors (Lipinski definition) is 5. The molecule has 2 aromatic rings. The maximum atomic E-state index is 12.3. The zero-order chi connectivity index (χ0) is 15.9. The lowest BCUT2D eigenvalue weighted by Crippen LogP contribution is -2.10. The summed E-state index contributed by atoms with van der Waals surface area (Å²) in [6.07, 6.45) is 1.63. The molecule has 0 spiro atoms. The smallest absolute Gasteiger partial charge is 0.338 e. The van der Waals surface area contributed by atoms with Gasteiger partial charge in [0.05, 0.1) is 19.3 Å². The van der Waals surface area contributed by atoms with Gasteiger partial charge in [-0.25, -0.2) is 4.79 Å². The molecule has 114 valence electrons. The molecule has 0 N–H and O–H groups in total. The standard InChI is InChI=1S/C17H17NO4/c1-3-22-17(20)13-7-8-18-15(11-13)16(19)10-12-5-4-6-14(9-12)21-2/h4-9,11H,3,10H2,1-2H3. The lowest BCUT2D eigenvalue weighted by atomic mass is 10.1. The number of benzene rings is 1. The minimum Gasteiger partial charge on any atom is -0.497 e. The first-order valence-electron chi connectivity index (χ1n) is 6.93. The highest BCUT2D eigenvalue weighted by Gasteiger charge is 2.13. The quantitative estimate of drug-likeness (QED) is 0.606. The number of ether oxygens (including phenoxy) is 2. The Morgan fingerprint density at radius 3 is 2.73 bits per heavy atom. The lowest BCUT2D eigenvalue weighted by molar-refractivity contribution is 0.0526. The van der Waals surface area contributed by atoms with Crippen LogP contribution in [0.25, 0.3) is 0 Å². The Kier molecular flexibility index (Phi) is 5.25. The highest BCUT2D eigenvalue weighted by Crippen LogP contribution is 2.15. The molecule has 0 aliphatic rings. The number of carbonyl (C=O) groups is 2. The third-order valence-electron chi connectivity index (χ3n) is 3.06. The van der Waals surface area contributed by atoms with Crippen LogP contribution in [0.3, 0.4) is 0 Å². The number of carbonyl (C=O) groups excluding carboxylic acids is 2. The van der Waals surface area contributed by atoms with Gasteiger partial charge < -0.3 is 9.47 Å². The number of pyridine rings is 1. The van der Waals surface area contributed by atoms with Crippen LogP contribution in [0.4, 0.5) is 0 Å². The fourth-order valence-electron chi connectivity index (χ4n) is 1.98. The number of nitrogens with zero attached hydrogens (tertiary/aromatic N) is 1. The van der Waals surface area contributed by atoms with Crippen molar-refractivity contribution < 1.29 is 19.1 Å². The molecule has 22 heavy (non-hydrogen) atoms. The average molecular weight is 299 g/mol. The Labute approximate surface area is 128 Å². The van der Waals surface area contributed by atoms with Gasteiger partial charge in [0.25, 0.3) is 0 Å². The summed E-state index contributed by atoms with van der Waals surface area (Å²) in [5.74, 6) is 0.0678. The largest absolute Gasteiger partial charge is 0.497 e. The van der Waals surface area contributed by atoms with Gasteiger partial charge in [0.1, 0.15) is 11.4 Å². The predicted molar refractivity (Wildman–Crippen MR) is 81.2 cm³/mol. The summed E-state index contributed by atoms with van der Waals surface area (Å²) in [6, 6.07) is 10.3. The van der Waals surface area contributed by atoms with E-state index in [2.05, 4.69) is 4.98 Å². The molecule has 1 heterocycles. The van der Waals surface area contributed by atoms with Crippen molar-refractivity contribution in [3.63, 3.8) is 0 Å². The topological polar surface area (TPSA) is 65.5 Å². The van der Waals surface area contributed by atoms with Crippen LogP contribution in [0.1, 0.15) is 33.3 Å². The Bertz CT molecular complexity index is 682. The van der Waals surface area contributed by atoms with Crippen molar-refractivity contribution in [2.24, 2.45) is 0 Å². The van der Waals surface area contributed by atoms with Gasteiger partial charge in [-0.2, -0.15) is 0 Å². The molecule has 0 unspecified atom stereocenters. The lowest BCUT2D eigenvalue weighted by Gasteiger charge is -2.05. The van der Waals surface area contributed by atoms with Crippen LogP contribution in [0, 0.1) is 0 Å². The predicted octanol–water partition coefficient (Wildman–Crippen LogP) is 2.69. The van der Waals surface area contributed by atoms with E-state index in [1.54, 1.807) is 20.1 Å². The van der Waals surface area contributed by atoms with Crippen LogP contribution in [-0.2, 0) is 11.2 Å². The first-order chi connectivity index (χ1) is 10.6. The fraction of sp³-hybridized carbons (Fsp3) is 0.235. The zero-order valence-electron chi connectivity index (χ0n) is 12.5. The minimum atomic E-state index is -0.458. The second-order valence-electron chi connectivity index (χ2n) is 4.60. The van der Waals surface area contributed by atoms with Crippen molar-refractivity contribution in [1.29, 1.82) is 0 Å². The van der Waals surface area contributed by atoms with E-state index >= 15 is 0 Å². The summed E-state index contributed by atoms with van der Waals surface area (Å²) >= 11 is 0.